The van der Waals surface area contributed by atoms with Crippen molar-refractivity contribution in [2.75, 3.05) is 37.6 Å². The van der Waals surface area contributed by atoms with E-state index in [4.69, 9.17) is 4.74 Å². The van der Waals surface area contributed by atoms with Crippen molar-refractivity contribution in [1.82, 2.24) is 4.90 Å². The number of nitriles is 1. The number of para-hydroxylation sites is 1. The number of nitrogens with zero attached hydrogens (tertiary/aromatic N) is 3. The van der Waals surface area contributed by atoms with E-state index >= 15 is 0 Å². The summed E-state index contributed by atoms with van der Waals surface area (Å²) in [5.41, 5.74) is 2.45. The number of aliphatic hydroxyl groups is 1. The normalized spacial score (nSPS) is 26.5. The number of hydrogen-bond acceptors (Lipinski definition) is 5. The molecule has 1 N–H and O–H groups in total. The number of benzene rings is 1. The molecule has 2 saturated heterocycles. The minimum atomic E-state index is -0.563. The SMILES string of the molecule is CC(O)c1cccc(C#N)c1N1CCC(CN2C[C@@H](C)O[C@@H](C)C2)CC1. The van der Waals surface area contributed by atoms with Gasteiger partial charge in [0.05, 0.1) is 29.6 Å². The maximum atomic E-state index is 10.1. The van der Waals surface area contributed by atoms with Gasteiger partial charge in [-0.25, -0.2) is 0 Å². The van der Waals surface area contributed by atoms with Crippen LogP contribution >= 0.6 is 0 Å². The molecular weight excluding hydrogens is 326 g/mol. The average Bonchev–Trinajstić information content (AvgIpc) is 2.60. The Morgan fingerprint density at radius 2 is 1.88 bits per heavy atom. The molecule has 1 unspecified atom stereocenters. The van der Waals surface area contributed by atoms with Crippen molar-refractivity contribution in [1.29, 1.82) is 5.26 Å². The van der Waals surface area contributed by atoms with Crippen molar-refractivity contribution in [3.8, 4) is 6.07 Å². The second-order valence-corrected chi connectivity index (χ2v) is 7.94. The molecule has 0 bridgehead atoms. The van der Waals surface area contributed by atoms with E-state index in [0.29, 0.717) is 23.7 Å². The topological polar surface area (TPSA) is 59.7 Å². The van der Waals surface area contributed by atoms with Gasteiger partial charge in [-0.1, -0.05) is 12.1 Å². The number of aliphatic hydroxyl groups excluding tert-OH is 1. The van der Waals surface area contributed by atoms with Crippen LogP contribution in [0.1, 0.15) is 50.8 Å². The van der Waals surface area contributed by atoms with E-state index in [2.05, 4.69) is 29.7 Å². The zero-order chi connectivity index (χ0) is 18.7. The molecule has 2 aliphatic rings. The van der Waals surface area contributed by atoms with Gasteiger partial charge in [0.2, 0.25) is 0 Å². The molecule has 0 radical (unpaired) electrons. The van der Waals surface area contributed by atoms with E-state index in [1.807, 2.05) is 18.2 Å². The molecule has 2 aliphatic heterocycles. The monoisotopic (exact) mass is 357 g/mol. The Morgan fingerprint density at radius 1 is 1.23 bits per heavy atom. The predicted octanol–water partition coefficient (Wildman–Crippen LogP) is 2.94. The zero-order valence-electron chi connectivity index (χ0n) is 16.2. The third kappa shape index (κ3) is 4.37. The van der Waals surface area contributed by atoms with Gasteiger partial charge in [-0.3, -0.25) is 4.90 Å². The van der Waals surface area contributed by atoms with E-state index in [0.717, 1.165) is 56.8 Å². The molecule has 2 fully saturated rings. The van der Waals surface area contributed by atoms with Gasteiger partial charge in [0.25, 0.3) is 0 Å². The summed E-state index contributed by atoms with van der Waals surface area (Å²) in [7, 11) is 0. The van der Waals surface area contributed by atoms with E-state index < -0.39 is 6.10 Å². The van der Waals surface area contributed by atoms with Crippen LogP contribution in [0.3, 0.4) is 0 Å². The van der Waals surface area contributed by atoms with Crippen LogP contribution in [-0.4, -0.2) is 54.9 Å². The number of rotatable bonds is 4. The fraction of sp³-hybridized carbons (Fsp3) is 0.667. The van der Waals surface area contributed by atoms with Crippen LogP contribution in [0.5, 0.6) is 0 Å². The highest BCUT2D eigenvalue weighted by molar-refractivity contribution is 5.65. The minimum Gasteiger partial charge on any atom is -0.389 e. The molecule has 26 heavy (non-hydrogen) atoms. The Morgan fingerprint density at radius 3 is 2.46 bits per heavy atom. The first-order valence-corrected chi connectivity index (χ1v) is 9.81. The molecule has 3 atom stereocenters. The summed E-state index contributed by atoms with van der Waals surface area (Å²) in [6.45, 7) is 11.1. The molecule has 5 heteroatoms. The molecule has 0 spiro atoms. The summed E-state index contributed by atoms with van der Waals surface area (Å²) < 4.78 is 5.84. The lowest BCUT2D eigenvalue weighted by Crippen LogP contribution is -2.48. The summed E-state index contributed by atoms with van der Waals surface area (Å²) in [4.78, 5) is 4.84. The van der Waals surface area contributed by atoms with Crippen molar-refractivity contribution in [3.63, 3.8) is 0 Å². The molecule has 0 saturated carbocycles. The molecule has 1 aromatic rings. The fourth-order valence-electron chi connectivity index (χ4n) is 4.48. The van der Waals surface area contributed by atoms with E-state index in [1.165, 1.54) is 0 Å². The first kappa shape index (κ1) is 19.2. The van der Waals surface area contributed by atoms with E-state index in [-0.39, 0.29) is 0 Å². The van der Waals surface area contributed by atoms with Crippen molar-refractivity contribution >= 4 is 5.69 Å². The Hall–Kier alpha value is -1.61. The lowest BCUT2D eigenvalue weighted by atomic mass is 9.93. The van der Waals surface area contributed by atoms with Gasteiger partial charge in [-0.2, -0.15) is 5.26 Å². The highest BCUT2D eigenvalue weighted by Gasteiger charge is 2.28. The highest BCUT2D eigenvalue weighted by atomic mass is 16.5. The molecule has 5 nitrogen and oxygen atoms in total. The van der Waals surface area contributed by atoms with Crippen LogP contribution in [0.4, 0.5) is 5.69 Å². The maximum Gasteiger partial charge on any atom is 0.101 e. The lowest BCUT2D eigenvalue weighted by molar-refractivity contribution is -0.0720. The standard InChI is InChI=1S/C21H31N3O2/c1-15-12-23(13-16(2)26-15)14-18-7-9-24(10-8-18)21-19(11-22)5-4-6-20(21)17(3)25/h4-6,15-18,25H,7-10,12-14H2,1-3H3/t15-,16+,17?. The highest BCUT2D eigenvalue weighted by Crippen LogP contribution is 2.33. The summed E-state index contributed by atoms with van der Waals surface area (Å²) in [5, 5.41) is 19.6. The van der Waals surface area contributed by atoms with Gasteiger partial charge in [-0.15, -0.1) is 0 Å². The fourth-order valence-corrected chi connectivity index (χ4v) is 4.48. The number of hydrogen-bond donors (Lipinski definition) is 1. The Kier molecular flexibility index (Phi) is 6.18. The number of morpholine rings is 1. The second-order valence-electron chi connectivity index (χ2n) is 7.94. The smallest absolute Gasteiger partial charge is 0.101 e. The van der Waals surface area contributed by atoms with Crippen LogP contribution in [0.2, 0.25) is 0 Å². The van der Waals surface area contributed by atoms with Gasteiger partial charge in [0.15, 0.2) is 0 Å². The molecule has 2 heterocycles. The first-order valence-electron chi connectivity index (χ1n) is 9.81. The van der Waals surface area contributed by atoms with Crippen LogP contribution in [0.15, 0.2) is 18.2 Å². The Balaban J connectivity index is 1.63. The van der Waals surface area contributed by atoms with Gasteiger partial charge in [0, 0.05) is 38.3 Å². The van der Waals surface area contributed by atoms with Gasteiger partial charge < -0.3 is 14.7 Å². The number of piperidine rings is 1. The maximum absolute atomic E-state index is 10.1. The molecule has 1 aromatic carbocycles. The van der Waals surface area contributed by atoms with Gasteiger partial charge in [0.1, 0.15) is 6.07 Å². The first-order chi connectivity index (χ1) is 12.5. The molecule has 142 valence electrons. The molecular formula is C21H31N3O2. The van der Waals surface area contributed by atoms with Crippen molar-refractivity contribution < 1.29 is 9.84 Å². The van der Waals surface area contributed by atoms with E-state index in [1.54, 1.807) is 6.92 Å². The molecule has 3 rings (SSSR count). The van der Waals surface area contributed by atoms with Crippen LogP contribution in [-0.2, 0) is 4.74 Å². The minimum absolute atomic E-state index is 0.315. The van der Waals surface area contributed by atoms with Crippen LogP contribution in [0.25, 0.3) is 0 Å². The van der Waals surface area contributed by atoms with E-state index in [9.17, 15) is 10.4 Å². The summed E-state index contributed by atoms with van der Waals surface area (Å²) in [5.74, 6) is 0.688. The Bertz CT molecular complexity index is 637. The average molecular weight is 357 g/mol. The third-order valence-corrected chi connectivity index (χ3v) is 5.58. The predicted molar refractivity (Wildman–Crippen MR) is 103 cm³/mol. The van der Waals surface area contributed by atoms with Crippen molar-refractivity contribution in [2.45, 2.75) is 51.9 Å². The van der Waals surface area contributed by atoms with Gasteiger partial charge in [-0.05, 0) is 45.6 Å². The Labute approximate surface area is 157 Å². The third-order valence-electron chi connectivity index (χ3n) is 5.58. The summed E-state index contributed by atoms with van der Waals surface area (Å²) in [6, 6.07) is 7.94. The molecule has 0 aliphatic carbocycles. The van der Waals surface area contributed by atoms with Crippen LogP contribution < -0.4 is 4.90 Å². The number of ether oxygens (including phenoxy) is 1. The van der Waals surface area contributed by atoms with Crippen molar-refractivity contribution in [3.05, 3.63) is 29.3 Å². The second kappa shape index (κ2) is 8.39. The molecule has 0 aromatic heterocycles. The lowest BCUT2D eigenvalue weighted by Gasteiger charge is -2.40. The van der Waals surface area contributed by atoms with Crippen molar-refractivity contribution in [2.24, 2.45) is 5.92 Å². The zero-order valence-corrected chi connectivity index (χ0v) is 16.2. The van der Waals surface area contributed by atoms with Gasteiger partial charge >= 0.3 is 0 Å². The number of anilines is 1. The quantitative estimate of drug-likeness (QED) is 0.898. The summed E-state index contributed by atoms with van der Waals surface area (Å²) in [6.07, 6.45) is 2.32. The van der Waals surface area contributed by atoms with Crippen LogP contribution in [0, 0.1) is 17.2 Å². The molecule has 0 amide bonds. The largest absolute Gasteiger partial charge is 0.389 e. The summed E-state index contributed by atoms with van der Waals surface area (Å²) >= 11 is 0.